The van der Waals surface area contributed by atoms with Crippen molar-refractivity contribution in [3.05, 3.63) is 449 Å². The normalized spacial score (nSPS) is 11.1. The van der Waals surface area contributed by atoms with Gasteiger partial charge in [-0.2, -0.15) is 0 Å². The zero-order valence-electron chi connectivity index (χ0n) is 59.5. The van der Waals surface area contributed by atoms with E-state index in [2.05, 4.69) is 469 Å². The van der Waals surface area contributed by atoms with Gasteiger partial charge in [0.25, 0.3) is 0 Å². The Labute approximate surface area is 631 Å². The van der Waals surface area contributed by atoms with Gasteiger partial charge in [0.2, 0.25) is 0 Å². The minimum Gasteiger partial charge on any atom is -0.311 e. The van der Waals surface area contributed by atoms with Gasteiger partial charge >= 0.3 is 0 Å². The summed E-state index contributed by atoms with van der Waals surface area (Å²) in [5.41, 5.74) is 23.2. The van der Waals surface area contributed by atoms with Crippen LogP contribution in [0.15, 0.2) is 449 Å². The average molecular weight is 1380 g/mol. The van der Waals surface area contributed by atoms with Gasteiger partial charge < -0.3 is 19.6 Å². The first-order chi connectivity index (χ1) is 53.6. The fraction of sp³-hybridized carbons (Fsp3) is 0. The van der Waals surface area contributed by atoms with E-state index in [0.29, 0.717) is 0 Å². The first-order valence-corrected chi connectivity index (χ1v) is 37.0. The highest BCUT2D eigenvalue weighted by molar-refractivity contribution is 6.24. The monoisotopic (exact) mass is 1380 g/mol. The summed E-state index contributed by atoms with van der Waals surface area (Å²) in [7, 11) is 0. The molecule has 0 aliphatic rings. The molecule has 19 aromatic carbocycles. The Bertz CT molecular complexity index is 6110. The van der Waals surface area contributed by atoms with E-state index in [9.17, 15) is 0 Å². The molecule has 0 saturated heterocycles. The van der Waals surface area contributed by atoms with Crippen LogP contribution >= 0.6 is 0 Å². The maximum atomic E-state index is 2.34. The van der Waals surface area contributed by atoms with Crippen molar-refractivity contribution in [2.24, 2.45) is 0 Å². The third kappa shape index (κ3) is 12.8. The van der Waals surface area contributed by atoms with Gasteiger partial charge in [-0.15, -0.1) is 0 Å². The van der Waals surface area contributed by atoms with Crippen molar-refractivity contribution in [1.82, 2.24) is 0 Å². The summed E-state index contributed by atoms with van der Waals surface area (Å²) in [5, 5.41) is 12.6. The number of fused-ring (bicyclic) bond motifs is 5. The fourth-order valence-electron chi connectivity index (χ4n) is 15.8. The molecule has 108 heavy (non-hydrogen) atoms. The molecule has 0 aliphatic heterocycles. The molecule has 0 bridgehead atoms. The van der Waals surface area contributed by atoms with Crippen molar-refractivity contribution >= 4 is 122 Å². The van der Waals surface area contributed by atoms with E-state index in [1.165, 1.54) is 98.4 Å². The standard InChI is InChI=1S/C54H38N2.C50H36N2/c1-4-19-41(20-5-1)55(42-21-6-2-7-22-42)45-35-37-46(38-36-45)56(43-23-8-3-9-24-43)44-33-31-40(32-34-44)53-49-26-12-14-28-51(49)54(52-29-15-13-27-50(52)53)48-30-16-18-39-17-10-11-25-47(39)48;1-5-17-37(18-6-1)49-45-25-13-15-27-47(45)50(48-28-16-14-26-46(48)49)38-29-31-42(32-30-38)52(41-23-11-4-12-24-41)44-35-33-43(34-36-44)51(39-19-7-2-8-20-39)40-21-9-3-10-22-40/h1-38H;1-36H. The number of anilines is 12. The van der Waals surface area contributed by atoms with Crippen LogP contribution in [0.2, 0.25) is 0 Å². The van der Waals surface area contributed by atoms with Crippen LogP contribution in [0.5, 0.6) is 0 Å². The molecule has 19 aromatic rings. The predicted molar refractivity (Wildman–Crippen MR) is 461 cm³/mol. The predicted octanol–water partition coefficient (Wildman–Crippen LogP) is 29.7. The Kier molecular flexibility index (Phi) is 18.1. The van der Waals surface area contributed by atoms with E-state index in [-0.39, 0.29) is 0 Å². The van der Waals surface area contributed by atoms with Crippen LogP contribution in [0.4, 0.5) is 68.2 Å². The zero-order chi connectivity index (χ0) is 72.0. The molecule has 0 radical (unpaired) electrons. The number of benzene rings is 19. The molecule has 4 nitrogen and oxygen atoms in total. The number of rotatable bonds is 16. The quantitative estimate of drug-likeness (QED) is 0.0894. The molecule has 0 aromatic heterocycles. The third-order valence-electron chi connectivity index (χ3n) is 20.6. The Hall–Kier alpha value is -14.3. The van der Waals surface area contributed by atoms with Crippen LogP contribution in [-0.2, 0) is 0 Å². The fourth-order valence-corrected chi connectivity index (χ4v) is 15.8. The van der Waals surface area contributed by atoms with E-state index >= 15 is 0 Å². The van der Waals surface area contributed by atoms with Gasteiger partial charge in [0, 0.05) is 68.2 Å². The van der Waals surface area contributed by atoms with E-state index < -0.39 is 0 Å². The Morgan fingerprint density at radius 3 is 0.546 bits per heavy atom. The lowest BCUT2D eigenvalue weighted by Crippen LogP contribution is -2.12. The first-order valence-electron chi connectivity index (χ1n) is 37.0. The summed E-state index contributed by atoms with van der Waals surface area (Å²) in [6.45, 7) is 0. The lowest BCUT2D eigenvalue weighted by molar-refractivity contribution is 1.26. The molecular formula is C104H74N4. The molecule has 510 valence electrons. The number of hydrogen-bond donors (Lipinski definition) is 0. The first kappa shape index (κ1) is 65.7. The van der Waals surface area contributed by atoms with Gasteiger partial charge in [0.1, 0.15) is 0 Å². The smallest absolute Gasteiger partial charge is 0.0463 e. The minimum atomic E-state index is 1.09. The van der Waals surface area contributed by atoms with Crippen molar-refractivity contribution in [3.63, 3.8) is 0 Å². The van der Waals surface area contributed by atoms with Crippen LogP contribution in [-0.4, -0.2) is 0 Å². The van der Waals surface area contributed by atoms with Gasteiger partial charge in [-0.3, -0.25) is 0 Å². The molecule has 0 fully saturated rings. The molecule has 0 heterocycles. The molecule has 0 saturated carbocycles. The van der Waals surface area contributed by atoms with E-state index in [1.807, 2.05) is 0 Å². The molecular weight excluding hydrogens is 1310 g/mol. The van der Waals surface area contributed by atoms with Crippen LogP contribution in [0.1, 0.15) is 0 Å². The number of nitrogens with zero attached hydrogens (tertiary/aromatic N) is 4. The maximum Gasteiger partial charge on any atom is 0.0463 e. The zero-order valence-corrected chi connectivity index (χ0v) is 59.5. The summed E-state index contributed by atoms with van der Waals surface area (Å²) < 4.78 is 0. The topological polar surface area (TPSA) is 13.0 Å². The molecule has 4 heteroatoms. The highest BCUT2D eigenvalue weighted by Gasteiger charge is 2.23. The SMILES string of the molecule is c1ccc(-c2c3ccccc3c(-c3ccc(N(c4ccccc4)c4ccc(N(c5ccccc5)c5ccccc5)cc4)cc3)c3ccccc23)cc1.c1ccc(N(c2ccccc2)c2ccc(N(c3ccccc3)c3ccc(-c4c5ccccc5c(-c5cccc6ccccc56)c5ccccc45)cc3)cc2)cc1. The number of hydrogen-bond acceptors (Lipinski definition) is 4. The van der Waals surface area contributed by atoms with Crippen molar-refractivity contribution in [2.45, 2.75) is 0 Å². The molecule has 19 rings (SSSR count). The maximum absolute atomic E-state index is 2.34. The van der Waals surface area contributed by atoms with Crippen LogP contribution in [0.25, 0.3) is 98.4 Å². The largest absolute Gasteiger partial charge is 0.311 e. The molecule has 0 unspecified atom stereocenters. The van der Waals surface area contributed by atoms with Crippen LogP contribution in [0.3, 0.4) is 0 Å². The highest BCUT2D eigenvalue weighted by atomic mass is 15.2. The average Bonchev–Trinajstić information content (AvgIpc) is 0.735. The van der Waals surface area contributed by atoms with Gasteiger partial charge in [0.15, 0.2) is 0 Å². The molecule has 0 atom stereocenters. The molecule has 0 N–H and O–H groups in total. The minimum absolute atomic E-state index is 1.09. The van der Waals surface area contributed by atoms with Crippen LogP contribution < -0.4 is 19.6 Å². The van der Waals surface area contributed by atoms with Gasteiger partial charge in [-0.25, -0.2) is 0 Å². The summed E-state index contributed by atoms with van der Waals surface area (Å²) in [6.07, 6.45) is 0. The van der Waals surface area contributed by atoms with Crippen LogP contribution in [0, 0.1) is 0 Å². The van der Waals surface area contributed by atoms with E-state index in [4.69, 9.17) is 0 Å². The molecule has 0 amide bonds. The van der Waals surface area contributed by atoms with E-state index in [0.717, 1.165) is 68.2 Å². The van der Waals surface area contributed by atoms with Gasteiger partial charge in [-0.05, 0) is 244 Å². The second kappa shape index (κ2) is 29.8. The lowest BCUT2D eigenvalue weighted by atomic mass is 9.85. The van der Waals surface area contributed by atoms with Crippen molar-refractivity contribution in [1.29, 1.82) is 0 Å². The van der Waals surface area contributed by atoms with Crippen molar-refractivity contribution < 1.29 is 0 Å². The Balaban J connectivity index is 0.000000153. The number of para-hydroxylation sites is 6. The van der Waals surface area contributed by atoms with Crippen molar-refractivity contribution in [3.8, 4) is 44.5 Å². The second-order valence-corrected chi connectivity index (χ2v) is 27.1. The molecule has 0 aliphatic carbocycles. The molecule has 0 spiro atoms. The summed E-state index contributed by atoms with van der Waals surface area (Å²) in [4.78, 5) is 9.26. The Morgan fingerprint density at radius 2 is 0.287 bits per heavy atom. The summed E-state index contributed by atoms with van der Waals surface area (Å²) in [5.74, 6) is 0. The third-order valence-corrected chi connectivity index (χ3v) is 20.6. The van der Waals surface area contributed by atoms with E-state index in [1.54, 1.807) is 0 Å². The lowest BCUT2D eigenvalue weighted by Gasteiger charge is -2.28. The van der Waals surface area contributed by atoms with Gasteiger partial charge in [-0.1, -0.05) is 303 Å². The highest BCUT2D eigenvalue weighted by Crippen LogP contribution is 2.49. The second-order valence-electron chi connectivity index (χ2n) is 27.1. The van der Waals surface area contributed by atoms with Crippen molar-refractivity contribution in [2.75, 3.05) is 19.6 Å². The summed E-state index contributed by atoms with van der Waals surface area (Å²) in [6, 6.07) is 161. The summed E-state index contributed by atoms with van der Waals surface area (Å²) >= 11 is 0. The van der Waals surface area contributed by atoms with Gasteiger partial charge in [0.05, 0.1) is 0 Å². The Morgan fingerprint density at radius 1 is 0.111 bits per heavy atom.